The molecule has 2 heterocycles. The van der Waals surface area contributed by atoms with E-state index in [1.54, 1.807) is 0 Å². The monoisotopic (exact) mass is 586 g/mol. The summed E-state index contributed by atoms with van der Waals surface area (Å²) in [6.07, 6.45) is 0. The zero-order valence-corrected chi connectivity index (χ0v) is 22.3. The van der Waals surface area contributed by atoms with Crippen LogP contribution in [0.25, 0.3) is 0 Å². The minimum atomic E-state index is -2.18. The quantitative estimate of drug-likeness (QED) is 0.236. The van der Waals surface area contributed by atoms with Crippen LogP contribution in [0.2, 0.25) is 0 Å². The second-order valence-corrected chi connectivity index (χ2v) is 25.0. The summed E-state index contributed by atoms with van der Waals surface area (Å²) < 4.78 is 22.2. The molecular weight excluding hydrogens is 564 g/mol. The van der Waals surface area contributed by atoms with Gasteiger partial charge in [-0.25, -0.2) is 0 Å². The van der Waals surface area contributed by atoms with Gasteiger partial charge in [0.1, 0.15) is 0 Å². The molecule has 32 heavy (non-hydrogen) atoms. The van der Waals surface area contributed by atoms with Crippen LogP contribution < -0.4 is 21.2 Å². The fraction of sp³-hybridized carbons (Fsp3) is 0. The third-order valence-corrected chi connectivity index (χ3v) is 32.6. The van der Waals surface area contributed by atoms with Crippen molar-refractivity contribution in [3.63, 3.8) is 0 Å². The summed E-state index contributed by atoms with van der Waals surface area (Å²) in [5.74, 6) is 0. The average Bonchev–Trinajstić information content (AvgIpc) is 3.42. The first kappa shape index (κ1) is 20.6. The van der Waals surface area contributed by atoms with Gasteiger partial charge < -0.3 is 0 Å². The van der Waals surface area contributed by atoms with Crippen molar-refractivity contribution >= 4 is 59.8 Å². The first-order chi connectivity index (χ1) is 15.8. The number of nitrogens with zero attached hydrogens (tertiary/aromatic N) is 4. The van der Waals surface area contributed by atoms with Crippen LogP contribution in [-0.2, 0) is 0 Å². The van der Waals surface area contributed by atoms with E-state index < -0.39 is 38.6 Å². The molecule has 6 rings (SSSR count). The fourth-order valence-corrected chi connectivity index (χ4v) is 44.2. The maximum absolute atomic E-state index is 5.56. The van der Waals surface area contributed by atoms with Crippen molar-refractivity contribution in [1.82, 2.24) is 0 Å². The molecule has 2 unspecified atom stereocenters. The van der Waals surface area contributed by atoms with E-state index in [1.807, 2.05) is 0 Å². The van der Waals surface area contributed by atoms with Crippen LogP contribution in [0.5, 0.6) is 0 Å². The second kappa shape index (κ2) is 8.40. The normalized spacial score (nSPS) is 22.0. The van der Waals surface area contributed by atoms with Crippen LogP contribution in [0.1, 0.15) is 0 Å². The van der Waals surface area contributed by atoms with E-state index in [4.69, 9.17) is 15.0 Å². The van der Waals surface area contributed by atoms with Gasteiger partial charge in [0.25, 0.3) is 0 Å². The van der Waals surface area contributed by atoms with Gasteiger partial charge in [0.2, 0.25) is 0 Å². The van der Waals surface area contributed by atoms with Crippen molar-refractivity contribution in [3.8, 4) is 0 Å². The van der Waals surface area contributed by atoms with Crippen molar-refractivity contribution in [2.75, 3.05) is 0 Å². The Hall–Kier alpha value is -2.02. The molecule has 158 valence electrons. The Balaban J connectivity index is 1.61. The van der Waals surface area contributed by atoms with Crippen LogP contribution in [0.15, 0.2) is 136 Å². The van der Waals surface area contributed by atoms with Gasteiger partial charge in [0.05, 0.1) is 0 Å². The molecule has 0 aromatic heterocycles. The van der Waals surface area contributed by atoms with Crippen LogP contribution in [-0.4, -0.2) is 24.2 Å². The van der Waals surface area contributed by atoms with Crippen molar-refractivity contribution in [2.45, 2.75) is 0 Å². The molecule has 4 aromatic rings. The summed E-state index contributed by atoms with van der Waals surface area (Å²) in [5, 5.41) is 4.90. The number of rotatable bonds is 4. The van der Waals surface area contributed by atoms with Crippen LogP contribution in [0.3, 0.4) is 0 Å². The van der Waals surface area contributed by atoms with Gasteiger partial charge >= 0.3 is 196 Å². The molecule has 2 atom stereocenters. The van der Waals surface area contributed by atoms with Crippen molar-refractivity contribution in [2.24, 2.45) is 15.0 Å². The van der Waals surface area contributed by atoms with E-state index in [2.05, 4.69) is 121 Å². The summed E-state index contributed by atoms with van der Waals surface area (Å²) in [6, 6.07) is 42.5. The van der Waals surface area contributed by atoms with Gasteiger partial charge in [-0.1, -0.05) is 0 Å². The van der Waals surface area contributed by atoms with Gasteiger partial charge in [-0.2, -0.15) is 0 Å². The van der Waals surface area contributed by atoms with Crippen LogP contribution in [0.4, 0.5) is 0 Å². The fourth-order valence-electron chi connectivity index (χ4n) is 3.80. The van der Waals surface area contributed by atoms with Crippen LogP contribution >= 0.6 is 14.4 Å². The Morgan fingerprint density at radius 3 is 0.875 bits per heavy atom. The Kier molecular flexibility index (Phi) is 5.40. The number of hydrogen-bond donors (Lipinski definition) is 0. The number of fused-ring (bicyclic) bond motifs is 1. The summed E-state index contributed by atoms with van der Waals surface area (Å²) in [7, 11) is -4.35. The Morgan fingerprint density at radius 2 is 0.625 bits per heavy atom. The molecule has 0 N–H and O–H groups in total. The maximum atomic E-state index is 5.56. The minimum absolute atomic E-state index is 1.22. The SMILES string of the molecule is c1ccc(P2(c3ccccc3)=N[Se]3=NP(c4ccccc4)(c4ccccc4)=N[Se]3=N2)cc1. The molecule has 0 saturated heterocycles. The van der Waals surface area contributed by atoms with Crippen molar-refractivity contribution in [3.05, 3.63) is 121 Å². The van der Waals surface area contributed by atoms with Gasteiger partial charge in [-0.15, -0.1) is 0 Å². The zero-order valence-electron chi connectivity index (χ0n) is 17.0. The molecule has 0 radical (unpaired) electrons. The van der Waals surface area contributed by atoms with Crippen molar-refractivity contribution < 1.29 is 0 Å². The second-order valence-electron chi connectivity index (χ2n) is 7.33. The van der Waals surface area contributed by atoms with Gasteiger partial charge in [-0.3, -0.25) is 0 Å². The molecule has 4 nitrogen and oxygen atoms in total. The third kappa shape index (κ3) is 3.35. The van der Waals surface area contributed by atoms with E-state index in [1.165, 1.54) is 21.2 Å². The van der Waals surface area contributed by atoms with E-state index in [0.717, 1.165) is 0 Å². The molecule has 0 amide bonds. The third-order valence-electron chi connectivity index (χ3n) is 5.35. The summed E-state index contributed by atoms with van der Waals surface area (Å²) in [5.41, 5.74) is 0. The Morgan fingerprint density at radius 1 is 0.375 bits per heavy atom. The predicted octanol–water partition coefficient (Wildman–Crippen LogP) is 5.14. The van der Waals surface area contributed by atoms with E-state index in [0.29, 0.717) is 0 Å². The van der Waals surface area contributed by atoms with Gasteiger partial charge in [-0.05, 0) is 0 Å². The van der Waals surface area contributed by atoms with E-state index in [-0.39, 0.29) is 0 Å². The van der Waals surface area contributed by atoms with Crippen molar-refractivity contribution in [1.29, 1.82) is 0 Å². The molecular formula is C24H20N4P2Se2. The number of benzene rings is 4. The first-order valence-corrected chi connectivity index (χ1v) is 21.0. The first-order valence-electron chi connectivity index (χ1n) is 10.2. The van der Waals surface area contributed by atoms with Gasteiger partial charge in [0.15, 0.2) is 0 Å². The molecule has 4 aromatic carbocycles. The van der Waals surface area contributed by atoms with E-state index >= 15 is 0 Å². The van der Waals surface area contributed by atoms with E-state index in [9.17, 15) is 0 Å². The zero-order chi connectivity index (χ0) is 21.4. The predicted molar refractivity (Wildman–Crippen MR) is 139 cm³/mol. The number of hydrogen-bond acceptors (Lipinski definition) is 4. The standard InChI is InChI=1S/C24H20N4P2Se2/c1-5-13-21(14-6-1)29(22-15-7-2-8-16-22)25-31-27-30(28-32(31)26-29,23-17-9-3-10-18-23)24-19-11-4-12-20-24/h1-20H. The molecule has 8 heteroatoms. The molecule has 2 aliphatic rings. The van der Waals surface area contributed by atoms with Crippen LogP contribution in [0, 0.1) is 0 Å². The van der Waals surface area contributed by atoms with Gasteiger partial charge in [0, 0.05) is 0 Å². The average molecular weight is 584 g/mol. The summed E-state index contributed by atoms with van der Waals surface area (Å²) in [4.78, 5) is 0. The molecule has 0 aliphatic carbocycles. The topological polar surface area (TPSA) is 49.4 Å². The summed E-state index contributed by atoms with van der Waals surface area (Å²) in [6.45, 7) is 0. The molecule has 0 spiro atoms. The Bertz CT molecular complexity index is 1270. The molecule has 0 fully saturated rings. The molecule has 2 aliphatic heterocycles. The summed E-state index contributed by atoms with van der Waals surface area (Å²) >= 11 is -3.32. The molecule has 0 bridgehead atoms. The Labute approximate surface area is 195 Å². The molecule has 0 saturated carbocycles.